The van der Waals surface area contributed by atoms with Crippen LogP contribution in [-0.2, 0) is 27.3 Å². The number of thiazole rings is 1. The molecule has 134 valence electrons. The van der Waals surface area contributed by atoms with E-state index >= 15 is 0 Å². The number of fused-ring (bicyclic) bond motifs is 1. The molecule has 0 unspecified atom stereocenters. The zero-order valence-electron chi connectivity index (χ0n) is 14.4. The monoisotopic (exact) mass is 372 g/mol. The summed E-state index contributed by atoms with van der Waals surface area (Å²) in [6.07, 6.45) is 0.0613. The maximum absolute atomic E-state index is 13.0. The Morgan fingerprint density at radius 1 is 1.19 bits per heavy atom. The summed E-state index contributed by atoms with van der Waals surface area (Å²) in [4.78, 5) is 28.7. The van der Waals surface area contributed by atoms with Crippen molar-refractivity contribution in [1.82, 2.24) is 4.57 Å². The molecule has 0 aliphatic carbocycles. The standard InChI is InChI=1S/C19H17FN2O3S/c1-12-3-8-15-16(9-12)26-19(22(15)11-18(24)25-2)21-17(23)10-13-4-6-14(20)7-5-13/h3-9H,10-11H2,1-2H3. The second kappa shape index (κ2) is 7.61. The highest BCUT2D eigenvalue weighted by molar-refractivity contribution is 7.16. The summed E-state index contributed by atoms with van der Waals surface area (Å²) < 4.78 is 20.3. The maximum Gasteiger partial charge on any atom is 0.325 e. The Morgan fingerprint density at radius 3 is 2.62 bits per heavy atom. The van der Waals surface area contributed by atoms with Crippen molar-refractivity contribution >= 4 is 33.4 Å². The lowest BCUT2D eigenvalue weighted by Gasteiger charge is -2.04. The molecule has 1 amide bonds. The summed E-state index contributed by atoms with van der Waals surface area (Å²) in [6.45, 7) is 1.95. The smallest absolute Gasteiger partial charge is 0.325 e. The minimum Gasteiger partial charge on any atom is -0.468 e. The van der Waals surface area contributed by atoms with E-state index in [1.807, 2.05) is 25.1 Å². The molecule has 0 N–H and O–H groups in total. The summed E-state index contributed by atoms with van der Waals surface area (Å²) >= 11 is 1.34. The number of halogens is 1. The Kier molecular flexibility index (Phi) is 5.27. The zero-order valence-corrected chi connectivity index (χ0v) is 15.2. The van der Waals surface area contributed by atoms with Gasteiger partial charge in [-0.3, -0.25) is 9.59 Å². The molecule has 0 fully saturated rings. The fraction of sp³-hybridized carbons (Fsp3) is 0.211. The van der Waals surface area contributed by atoms with Crippen molar-refractivity contribution in [3.63, 3.8) is 0 Å². The number of ether oxygens (including phenoxy) is 1. The van der Waals surface area contributed by atoms with Crippen LogP contribution in [0, 0.1) is 12.7 Å². The molecule has 7 heteroatoms. The summed E-state index contributed by atoms with van der Waals surface area (Å²) in [5.74, 6) is -1.13. The second-order valence-electron chi connectivity index (χ2n) is 5.83. The summed E-state index contributed by atoms with van der Waals surface area (Å²) in [6, 6.07) is 11.5. The number of hydrogen-bond acceptors (Lipinski definition) is 4. The molecular weight excluding hydrogens is 355 g/mol. The number of carbonyl (C=O) groups is 2. The van der Waals surface area contributed by atoms with Crippen LogP contribution in [0.5, 0.6) is 0 Å². The van der Waals surface area contributed by atoms with Crippen molar-refractivity contribution in [2.24, 2.45) is 4.99 Å². The number of benzene rings is 2. The second-order valence-corrected chi connectivity index (χ2v) is 6.84. The number of esters is 1. The number of nitrogens with zero attached hydrogens (tertiary/aromatic N) is 2. The first-order valence-electron chi connectivity index (χ1n) is 7.95. The van der Waals surface area contributed by atoms with E-state index in [1.54, 1.807) is 16.7 Å². The first kappa shape index (κ1) is 18.0. The van der Waals surface area contributed by atoms with Gasteiger partial charge in [-0.25, -0.2) is 4.39 Å². The highest BCUT2D eigenvalue weighted by atomic mass is 32.1. The van der Waals surface area contributed by atoms with Gasteiger partial charge < -0.3 is 9.30 Å². The van der Waals surface area contributed by atoms with E-state index in [2.05, 4.69) is 4.99 Å². The van der Waals surface area contributed by atoms with Crippen LogP contribution in [0.3, 0.4) is 0 Å². The molecule has 0 spiro atoms. The predicted molar refractivity (Wildman–Crippen MR) is 97.2 cm³/mol. The van der Waals surface area contributed by atoms with Gasteiger partial charge in [0, 0.05) is 0 Å². The van der Waals surface area contributed by atoms with Crippen LogP contribution < -0.4 is 4.80 Å². The molecule has 3 aromatic rings. The Balaban J connectivity index is 2.00. The van der Waals surface area contributed by atoms with Gasteiger partial charge in [0.1, 0.15) is 12.4 Å². The van der Waals surface area contributed by atoms with E-state index < -0.39 is 5.97 Å². The van der Waals surface area contributed by atoms with E-state index in [0.717, 1.165) is 15.8 Å². The molecule has 0 aliphatic heterocycles. The van der Waals surface area contributed by atoms with Crippen LogP contribution in [0.25, 0.3) is 10.2 Å². The summed E-state index contributed by atoms with van der Waals surface area (Å²) in [7, 11) is 1.32. The topological polar surface area (TPSA) is 60.7 Å². The Bertz CT molecular complexity index is 1040. The lowest BCUT2D eigenvalue weighted by Crippen LogP contribution is -2.22. The lowest BCUT2D eigenvalue weighted by molar-refractivity contribution is -0.141. The number of hydrogen-bond donors (Lipinski definition) is 0. The van der Waals surface area contributed by atoms with E-state index in [9.17, 15) is 14.0 Å². The highest BCUT2D eigenvalue weighted by Crippen LogP contribution is 2.19. The molecule has 5 nitrogen and oxygen atoms in total. The summed E-state index contributed by atoms with van der Waals surface area (Å²) in [5, 5.41) is 0. The maximum atomic E-state index is 13.0. The van der Waals surface area contributed by atoms with Crippen molar-refractivity contribution in [2.45, 2.75) is 19.9 Å². The van der Waals surface area contributed by atoms with E-state index in [0.29, 0.717) is 10.4 Å². The molecule has 0 saturated heterocycles. The van der Waals surface area contributed by atoms with Gasteiger partial charge >= 0.3 is 5.97 Å². The average molecular weight is 372 g/mol. The van der Waals surface area contributed by atoms with Crippen molar-refractivity contribution in [2.75, 3.05) is 7.11 Å². The zero-order chi connectivity index (χ0) is 18.7. The molecule has 3 rings (SSSR count). The van der Waals surface area contributed by atoms with Crippen molar-refractivity contribution in [3.05, 3.63) is 64.2 Å². The molecule has 1 heterocycles. The largest absolute Gasteiger partial charge is 0.468 e. The minimum atomic E-state index is -0.419. The predicted octanol–water partition coefficient (Wildman–Crippen LogP) is 2.99. The molecule has 2 aromatic carbocycles. The van der Waals surface area contributed by atoms with E-state index in [4.69, 9.17) is 4.74 Å². The number of amides is 1. The molecule has 0 radical (unpaired) electrons. The van der Waals surface area contributed by atoms with Crippen molar-refractivity contribution < 1.29 is 18.7 Å². The molecule has 0 saturated carbocycles. The molecule has 0 atom stereocenters. The van der Waals surface area contributed by atoms with Crippen LogP contribution in [-0.4, -0.2) is 23.6 Å². The average Bonchev–Trinajstić information content (AvgIpc) is 2.93. The van der Waals surface area contributed by atoms with Gasteiger partial charge in [-0.2, -0.15) is 4.99 Å². The number of carbonyl (C=O) groups excluding carboxylic acids is 2. The van der Waals surface area contributed by atoms with Gasteiger partial charge in [-0.15, -0.1) is 0 Å². The number of rotatable bonds is 4. The quantitative estimate of drug-likeness (QED) is 0.662. The third kappa shape index (κ3) is 4.05. The molecule has 0 aliphatic rings. The van der Waals surface area contributed by atoms with Crippen LogP contribution >= 0.6 is 11.3 Å². The first-order valence-corrected chi connectivity index (χ1v) is 8.77. The van der Waals surface area contributed by atoms with E-state index in [1.165, 1.54) is 30.6 Å². The molecule has 1 aromatic heterocycles. The lowest BCUT2D eigenvalue weighted by atomic mass is 10.1. The fourth-order valence-corrected chi connectivity index (χ4v) is 3.68. The van der Waals surface area contributed by atoms with Gasteiger partial charge in [-0.1, -0.05) is 29.5 Å². The molecular formula is C19H17FN2O3S. The van der Waals surface area contributed by atoms with Gasteiger partial charge in [-0.05, 0) is 42.3 Å². The number of aryl methyl sites for hydroxylation is 1. The Labute approximate surface area is 153 Å². The summed E-state index contributed by atoms with van der Waals surface area (Å²) in [5.41, 5.74) is 2.57. The minimum absolute atomic E-state index is 0.0256. The normalized spacial score (nSPS) is 11.7. The van der Waals surface area contributed by atoms with Gasteiger partial charge in [0.2, 0.25) is 0 Å². The van der Waals surface area contributed by atoms with Crippen LogP contribution in [0.2, 0.25) is 0 Å². The SMILES string of the molecule is COC(=O)Cn1c(=NC(=O)Cc2ccc(F)cc2)sc2cc(C)ccc21. The Morgan fingerprint density at radius 2 is 1.92 bits per heavy atom. The highest BCUT2D eigenvalue weighted by Gasteiger charge is 2.12. The fourth-order valence-electron chi connectivity index (χ4n) is 2.54. The van der Waals surface area contributed by atoms with Gasteiger partial charge in [0.25, 0.3) is 5.91 Å². The number of methoxy groups -OCH3 is 1. The number of aromatic nitrogens is 1. The van der Waals surface area contributed by atoms with Gasteiger partial charge in [0.05, 0.1) is 23.7 Å². The molecule has 0 bridgehead atoms. The molecule has 26 heavy (non-hydrogen) atoms. The van der Waals surface area contributed by atoms with Crippen molar-refractivity contribution in [1.29, 1.82) is 0 Å². The van der Waals surface area contributed by atoms with E-state index in [-0.39, 0.29) is 24.7 Å². The van der Waals surface area contributed by atoms with Crippen LogP contribution in [0.4, 0.5) is 4.39 Å². The van der Waals surface area contributed by atoms with Crippen LogP contribution in [0.1, 0.15) is 11.1 Å². The third-order valence-electron chi connectivity index (χ3n) is 3.84. The third-order valence-corrected chi connectivity index (χ3v) is 4.88. The first-order chi connectivity index (χ1) is 12.5. The van der Waals surface area contributed by atoms with Crippen molar-refractivity contribution in [3.8, 4) is 0 Å². The van der Waals surface area contributed by atoms with Gasteiger partial charge in [0.15, 0.2) is 4.80 Å². The Hall–Kier alpha value is -2.80. The van der Waals surface area contributed by atoms with Crippen LogP contribution in [0.15, 0.2) is 47.5 Å².